The minimum atomic E-state index is -0.208. The predicted octanol–water partition coefficient (Wildman–Crippen LogP) is 3.54. The number of carbonyl (C=O) groups is 2. The van der Waals surface area contributed by atoms with Gasteiger partial charge in [0.2, 0.25) is 11.8 Å². The number of methoxy groups -OCH3 is 1. The minimum absolute atomic E-state index is 0.126. The predicted molar refractivity (Wildman–Crippen MR) is 133 cm³/mol. The van der Waals surface area contributed by atoms with E-state index in [4.69, 9.17) is 4.74 Å². The average molecular weight is 495 g/mol. The van der Waals surface area contributed by atoms with Crippen LogP contribution in [-0.2, 0) is 16.1 Å². The van der Waals surface area contributed by atoms with Crippen molar-refractivity contribution >= 4 is 23.6 Å². The van der Waals surface area contributed by atoms with E-state index in [-0.39, 0.29) is 23.6 Å². The van der Waals surface area contributed by atoms with Gasteiger partial charge in [-0.25, -0.2) is 0 Å². The van der Waals surface area contributed by atoms with E-state index in [0.29, 0.717) is 30.5 Å². The van der Waals surface area contributed by atoms with E-state index < -0.39 is 0 Å². The Hall–Kier alpha value is -3.40. The average Bonchev–Trinajstić information content (AvgIpc) is 3.17. The first-order valence-electron chi connectivity index (χ1n) is 11.7. The van der Waals surface area contributed by atoms with Crippen molar-refractivity contribution in [3.63, 3.8) is 0 Å². The maximum atomic E-state index is 12.8. The molecule has 1 saturated heterocycles. The first-order chi connectivity index (χ1) is 17.1. The van der Waals surface area contributed by atoms with Gasteiger partial charge < -0.3 is 15.0 Å². The van der Waals surface area contributed by atoms with Crippen LogP contribution in [0, 0.1) is 0 Å². The molecule has 1 unspecified atom stereocenters. The quantitative estimate of drug-likeness (QED) is 0.454. The van der Waals surface area contributed by atoms with Crippen LogP contribution in [0.2, 0.25) is 0 Å². The number of aromatic nitrogens is 4. The number of nitrogens with one attached hydrogen (secondary N) is 1. The molecule has 0 bridgehead atoms. The Morgan fingerprint density at radius 1 is 1.17 bits per heavy atom. The SMILES string of the molecule is COc1ccccc1C(C)NC(=O)CSc1nnc(CN2CCCCCC2=O)n1-c1cccnc1. The van der Waals surface area contributed by atoms with Crippen molar-refractivity contribution in [3.05, 3.63) is 60.2 Å². The summed E-state index contributed by atoms with van der Waals surface area (Å²) < 4.78 is 7.29. The minimum Gasteiger partial charge on any atom is -0.496 e. The van der Waals surface area contributed by atoms with E-state index in [9.17, 15) is 9.59 Å². The molecule has 9 nitrogen and oxygen atoms in total. The summed E-state index contributed by atoms with van der Waals surface area (Å²) in [4.78, 5) is 31.4. The van der Waals surface area contributed by atoms with Gasteiger partial charge in [0, 0.05) is 24.7 Å². The second kappa shape index (κ2) is 11.8. The van der Waals surface area contributed by atoms with Crippen molar-refractivity contribution in [2.24, 2.45) is 0 Å². The molecule has 1 aromatic carbocycles. The molecule has 1 aliphatic rings. The summed E-state index contributed by atoms with van der Waals surface area (Å²) in [5.74, 6) is 1.57. The molecule has 3 aromatic rings. The topological polar surface area (TPSA) is 102 Å². The fourth-order valence-corrected chi connectivity index (χ4v) is 4.92. The van der Waals surface area contributed by atoms with Gasteiger partial charge in [0.25, 0.3) is 0 Å². The van der Waals surface area contributed by atoms with Crippen LogP contribution in [0.3, 0.4) is 0 Å². The Bertz CT molecular complexity index is 1150. The summed E-state index contributed by atoms with van der Waals surface area (Å²) >= 11 is 1.30. The number of nitrogens with zero attached hydrogens (tertiary/aromatic N) is 5. The van der Waals surface area contributed by atoms with Crippen LogP contribution < -0.4 is 10.1 Å². The molecule has 4 rings (SSSR count). The van der Waals surface area contributed by atoms with Crippen molar-refractivity contribution in [1.29, 1.82) is 0 Å². The highest BCUT2D eigenvalue weighted by atomic mass is 32.2. The zero-order chi connectivity index (χ0) is 24.6. The number of thioether (sulfide) groups is 1. The smallest absolute Gasteiger partial charge is 0.230 e. The Morgan fingerprint density at radius 2 is 2.03 bits per heavy atom. The first-order valence-corrected chi connectivity index (χ1v) is 12.7. The molecule has 1 aliphatic heterocycles. The first kappa shape index (κ1) is 24.7. The van der Waals surface area contributed by atoms with Gasteiger partial charge in [-0.3, -0.25) is 19.1 Å². The molecule has 35 heavy (non-hydrogen) atoms. The molecule has 2 amide bonds. The lowest BCUT2D eigenvalue weighted by molar-refractivity contribution is -0.131. The number of carbonyl (C=O) groups excluding carboxylic acids is 2. The molecule has 3 heterocycles. The maximum Gasteiger partial charge on any atom is 0.230 e. The number of benzene rings is 1. The molecule has 1 fully saturated rings. The highest BCUT2D eigenvalue weighted by molar-refractivity contribution is 7.99. The van der Waals surface area contributed by atoms with Gasteiger partial charge in [0.15, 0.2) is 11.0 Å². The molecule has 0 saturated carbocycles. The third kappa shape index (κ3) is 6.19. The summed E-state index contributed by atoms with van der Waals surface area (Å²) in [6, 6.07) is 11.2. The van der Waals surface area contributed by atoms with Gasteiger partial charge in [-0.1, -0.05) is 36.4 Å². The van der Waals surface area contributed by atoms with E-state index in [1.165, 1.54) is 11.8 Å². The fourth-order valence-electron chi connectivity index (χ4n) is 4.13. The zero-order valence-corrected chi connectivity index (χ0v) is 20.8. The number of pyridine rings is 1. The van der Waals surface area contributed by atoms with Gasteiger partial charge in [0.1, 0.15) is 5.75 Å². The number of hydrogen-bond donors (Lipinski definition) is 1. The Labute approximate surface area is 209 Å². The van der Waals surface area contributed by atoms with E-state index >= 15 is 0 Å². The molecule has 0 aliphatic carbocycles. The molecule has 2 aromatic heterocycles. The van der Waals surface area contributed by atoms with Crippen molar-refractivity contribution in [2.45, 2.75) is 50.4 Å². The molecule has 1 N–H and O–H groups in total. The Kier molecular flexibility index (Phi) is 8.36. The fraction of sp³-hybridized carbons (Fsp3) is 0.400. The molecule has 0 spiro atoms. The van der Waals surface area contributed by atoms with E-state index in [1.54, 1.807) is 19.5 Å². The number of amides is 2. The van der Waals surface area contributed by atoms with Gasteiger partial charge in [0.05, 0.1) is 37.3 Å². The van der Waals surface area contributed by atoms with Crippen LogP contribution in [0.5, 0.6) is 5.75 Å². The van der Waals surface area contributed by atoms with Gasteiger partial charge in [-0.2, -0.15) is 0 Å². The highest BCUT2D eigenvalue weighted by Gasteiger charge is 2.23. The van der Waals surface area contributed by atoms with Crippen molar-refractivity contribution in [3.8, 4) is 11.4 Å². The number of hydrogen-bond acceptors (Lipinski definition) is 7. The standard InChI is InChI=1S/C25H30N6O3S/c1-18(20-10-5-6-11-21(20)34-2)27-23(32)17-35-25-29-28-22(31(25)19-9-8-13-26-15-19)16-30-14-7-3-4-12-24(30)33/h5-6,8-11,13,15,18H,3-4,7,12,14,16-17H2,1-2H3,(H,27,32). The number of ether oxygens (including phenoxy) is 1. The van der Waals surface area contributed by atoms with Crippen LogP contribution in [0.4, 0.5) is 0 Å². The summed E-state index contributed by atoms with van der Waals surface area (Å²) in [6.45, 7) is 3.01. The normalized spacial score (nSPS) is 14.9. The Morgan fingerprint density at radius 3 is 2.83 bits per heavy atom. The molecule has 0 radical (unpaired) electrons. The summed E-state index contributed by atoms with van der Waals surface area (Å²) in [5.41, 5.74) is 1.70. The molecule has 10 heteroatoms. The molecule has 184 valence electrons. The van der Waals surface area contributed by atoms with E-state index in [2.05, 4.69) is 20.5 Å². The second-order valence-corrected chi connectivity index (χ2v) is 9.33. The summed E-state index contributed by atoms with van der Waals surface area (Å²) in [5, 5.41) is 12.3. The third-order valence-electron chi connectivity index (χ3n) is 5.92. The highest BCUT2D eigenvalue weighted by Crippen LogP contribution is 2.26. The van der Waals surface area contributed by atoms with E-state index in [1.807, 2.05) is 52.8 Å². The van der Waals surface area contributed by atoms with Crippen LogP contribution >= 0.6 is 11.8 Å². The maximum absolute atomic E-state index is 12.8. The van der Waals surface area contributed by atoms with Gasteiger partial charge >= 0.3 is 0 Å². The van der Waals surface area contributed by atoms with Crippen LogP contribution in [-0.4, -0.2) is 55.9 Å². The van der Waals surface area contributed by atoms with Gasteiger partial charge in [-0.15, -0.1) is 10.2 Å². The number of rotatable bonds is 9. The van der Waals surface area contributed by atoms with Crippen molar-refractivity contribution in [2.75, 3.05) is 19.4 Å². The lowest BCUT2D eigenvalue weighted by Crippen LogP contribution is -2.31. The summed E-state index contributed by atoms with van der Waals surface area (Å²) in [7, 11) is 1.62. The largest absolute Gasteiger partial charge is 0.496 e. The van der Waals surface area contributed by atoms with Crippen LogP contribution in [0.15, 0.2) is 53.9 Å². The van der Waals surface area contributed by atoms with Crippen molar-refractivity contribution in [1.82, 2.24) is 30.0 Å². The number of para-hydroxylation sites is 1. The third-order valence-corrected chi connectivity index (χ3v) is 6.85. The molecule has 1 atom stereocenters. The second-order valence-electron chi connectivity index (χ2n) is 8.39. The Balaban J connectivity index is 1.48. The van der Waals surface area contributed by atoms with Crippen LogP contribution in [0.25, 0.3) is 5.69 Å². The molecular formula is C25H30N6O3S. The lowest BCUT2D eigenvalue weighted by atomic mass is 10.1. The van der Waals surface area contributed by atoms with Crippen LogP contribution in [0.1, 0.15) is 50.0 Å². The van der Waals surface area contributed by atoms with Gasteiger partial charge in [-0.05, 0) is 38.0 Å². The lowest BCUT2D eigenvalue weighted by Gasteiger charge is -2.20. The zero-order valence-electron chi connectivity index (χ0n) is 20.0. The van der Waals surface area contributed by atoms with E-state index in [0.717, 1.165) is 36.3 Å². The monoisotopic (exact) mass is 494 g/mol. The summed E-state index contributed by atoms with van der Waals surface area (Å²) in [6.07, 6.45) is 6.96. The number of likely N-dealkylation sites (tertiary alicyclic amines) is 1. The molecular weight excluding hydrogens is 464 g/mol. The van der Waals surface area contributed by atoms with Crippen molar-refractivity contribution < 1.29 is 14.3 Å².